The lowest BCUT2D eigenvalue weighted by atomic mass is 10.1. The second-order valence-electron chi connectivity index (χ2n) is 7.48. The number of para-hydroxylation sites is 1. The molecule has 150 valence electrons. The van der Waals surface area contributed by atoms with Gasteiger partial charge in [0.15, 0.2) is 0 Å². The first-order valence-corrected chi connectivity index (χ1v) is 9.88. The van der Waals surface area contributed by atoms with Gasteiger partial charge in [-0.25, -0.2) is 0 Å². The van der Waals surface area contributed by atoms with Gasteiger partial charge in [-0.2, -0.15) is 5.10 Å². The van der Waals surface area contributed by atoms with Crippen molar-refractivity contribution in [2.75, 3.05) is 13.1 Å². The molecule has 0 bridgehead atoms. The normalized spacial score (nSPS) is 14.4. The van der Waals surface area contributed by atoms with E-state index in [0.29, 0.717) is 17.9 Å². The molecule has 1 aromatic heterocycles. The van der Waals surface area contributed by atoms with Gasteiger partial charge in [-0.05, 0) is 24.6 Å². The lowest BCUT2D eigenvalue weighted by molar-refractivity contribution is 0.0139. The third kappa shape index (κ3) is 4.49. The lowest BCUT2D eigenvalue weighted by Crippen LogP contribution is -2.53. The van der Waals surface area contributed by atoms with Crippen LogP contribution in [0.1, 0.15) is 27.2 Å². The van der Waals surface area contributed by atoms with Crippen molar-refractivity contribution in [2.45, 2.75) is 26.1 Å². The quantitative estimate of drug-likeness (QED) is 0.674. The van der Waals surface area contributed by atoms with E-state index in [1.165, 1.54) is 11.3 Å². The van der Waals surface area contributed by atoms with E-state index in [9.17, 15) is 4.79 Å². The van der Waals surface area contributed by atoms with Crippen molar-refractivity contribution in [3.63, 3.8) is 0 Å². The molecular weight excluding hydrogens is 364 g/mol. The molecule has 2 aromatic carbocycles. The Kier molecular flexibility index (Phi) is 5.62. The van der Waals surface area contributed by atoms with Crippen LogP contribution in [-0.4, -0.2) is 39.8 Å². The summed E-state index contributed by atoms with van der Waals surface area (Å²) in [6, 6.07) is 17.3. The molecule has 29 heavy (non-hydrogen) atoms. The van der Waals surface area contributed by atoms with Crippen LogP contribution in [0.15, 0.2) is 60.8 Å². The van der Waals surface area contributed by atoms with Crippen LogP contribution in [0.3, 0.4) is 0 Å². The van der Waals surface area contributed by atoms with Crippen molar-refractivity contribution in [1.29, 1.82) is 0 Å². The van der Waals surface area contributed by atoms with Gasteiger partial charge < -0.3 is 10.1 Å². The van der Waals surface area contributed by atoms with E-state index >= 15 is 0 Å². The first-order valence-electron chi connectivity index (χ1n) is 9.88. The first-order chi connectivity index (χ1) is 14.1. The number of carbonyl (C=O) groups excluding carboxylic acids is 1. The third-order valence-electron chi connectivity index (χ3n) is 5.38. The highest BCUT2D eigenvalue weighted by atomic mass is 16.5. The molecule has 1 amide bonds. The predicted octanol–water partition coefficient (Wildman–Crippen LogP) is 2.92. The molecule has 1 saturated heterocycles. The molecule has 2 heterocycles. The molecular formula is C23H26N4O2. The number of benzene rings is 2. The fourth-order valence-electron chi connectivity index (χ4n) is 3.48. The Labute approximate surface area is 171 Å². The Morgan fingerprint density at radius 3 is 2.59 bits per heavy atom. The van der Waals surface area contributed by atoms with Crippen molar-refractivity contribution in [1.82, 2.24) is 20.0 Å². The van der Waals surface area contributed by atoms with E-state index in [0.717, 1.165) is 25.2 Å². The highest BCUT2D eigenvalue weighted by molar-refractivity contribution is 5.96. The Morgan fingerprint density at radius 2 is 1.86 bits per heavy atom. The SMILES string of the molecule is Cc1c(CN2CC(Oc3ccccc3C(=O)NCc3ccccc3)C2)cnn1C. The van der Waals surface area contributed by atoms with Crippen LogP contribution in [0.2, 0.25) is 0 Å². The minimum Gasteiger partial charge on any atom is -0.487 e. The van der Waals surface area contributed by atoms with Gasteiger partial charge in [0, 0.05) is 44.5 Å². The minimum atomic E-state index is -0.119. The van der Waals surface area contributed by atoms with Gasteiger partial charge in [0.2, 0.25) is 0 Å². The molecule has 0 saturated carbocycles. The van der Waals surface area contributed by atoms with Crippen LogP contribution >= 0.6 is 0 Å². The molecule has 6 nitrogen and oxygen atoms in total. The highest BCUT2D eigenvalue weighted by Crippen LogP contribution is 2.24. The molecule has 0 atom stereocenters. The minimum absolute atomic E-state index is 0.0926. The number of aromatic nitrogens is 2. The zero-order valence-electron chi connectivity index (χ0n) is 16.8. The highest BCUT2D eigenvalue weighted by Gasteiger charge is 2.30. The summed E-state index contributed by atoms with van der Waals surface area (Å²) >= 11 is 0. The largest absolute Gasteiger partial charge is 0.487 e. The monoisotopic (exact) mass is 390 g/mol. The summed E-state index contributed by atoms with van der Waals surface area (Å²) in [5.41, 5.74) is 4.08. The number of hydrogen-bond acceptors (Lipinski definition) is 4. The standard InChI is InChI=1S/C23H26N4O2/c1-17-19(13-25-26(17)2)14-27-15-20(16-27)29-22-11-7-6-10-21(22)23(28)24-12-18-8-4-3-5-9-18/h3-11,13,20H,12,14-16H2,1-2H3,(H,24,28). The number of carbonyl (C=O) groups is 1. The maximum absolute atomic E-state index is 12.7. The maximum atomic E-state index is 12.7. The Hall–Kier alpha value is -3.12. The lowest BCUT2D eigenvalue weighted by Gasteiger charge is -2.39. The summed E-state index contributed by atoms with van der Waals surface area (Å²) in [6.45, 7) is 5.14. The molecule has 1 fully saturated rings. The van der Waals surface area contributed by atoms with E-state index in [1.54, 1.807) is 0 Å². The Morgan fingerprint density at radius 1 is 1.14 bits per heavy atom. The second-order valence-corrected chi connectivity index (χ2v) is 7.48. The van der Waals surface area contributed by atoms with Crippen molar-refractivity contribution in [3.8, 4) is 5.75 Å². The van der Waals surface area contributed by atoms with E-state index < -0.39 is 0 Å². The molecule has 0 radical (unpaired) electrons. The number of ether oxygens (including phenoxy) is 1. The van der Waals surface area contributed by atoms with Crippen molar-refractivity contribution < 1.29 is 9.53 Å². The van der Waals surface area contributed by atoms with Gasteiger partial charge in [-0.15, -0.1) is 0 Å². The average Bonchev–Trinajstić information content (AvgIpc) is 3.03. The third-order valence-corrected chi connectivity index (χ3v) is 5.38. The summed E-state index contributed by atoms with van der Waals surface area (Å²) in [6.07, 6.45) is 2.02. The first kappa shape index (κ1) is 19.2. The second kappa shape index (κ2) is 8.49. The molecule has 1 aliphatic rings. The molecule has 6 heteroatoms. The topological polar surface area (TPSA) is 59.4 Å². The predicted molar refractivity (Wildman–Crippen MR) is 112 cm³/mol. The molecule has 4 rings (SSSR count). The fraction of sp³-hybridized carbons (Fsp3) is 0.304. The van der Waals surface area contributed by atoms with E-state index in [4.69, 9.17) is 4.74 Å². The fourth-order valence-corrected chi connectivity index (χ4v) is 3.48. The molecule has 1 aliphatic heterocycles. The van der Waals surface area contributed by atoms with Crippen molar-refractivity contribution >= 4 is 5.91 Å². The number of nitrogens with one attached hydrogen (secondary N) is 1. The number of amides is 1. The van der Waals surface area contributed by atoms with Gasteiger partial charge in [0.1, 0.15) is 11.9 Å². The van der Waals surface area contributed by atoms with E-state index in [1.807, 2.05) is 72.5 Å². The molecule has 0 aliphatic carbocycles. The average molecular weight is 390 g/mol. The number of aryl methyl sites for hydroxylation is 1. The van der Waals surface area contributed by atoms with Crippen LogP contribution < -0.4 is 10.1 Å². The smallest absolute Gasteiger partial charge is 0.255 e. The van der Waals surface area contributed by atoms with Gasteiger partial charge in [0.25, 0.3) is 5.91 Å². The van der Waals surface area contributed by atoms with Crippen molar-refractivity contribution in [3.05, 3.63) is 83.2 Å². The number of rotatable bonds is 7. The maximum Gasteiger partial charge on any atom is 0.255 e. The van der Waals surface area contributed by atoms with Gasteiger partial charge in [0.05, 0.1) is 11.8 Å². The summed E-state index contributed by atoms with van der Waals surface area (Å²) in [4.78, 5) is 15.0. The van der Waals surface area contributed by atoms with Gasteiger partial charge in [-0.1, -0.05) is 42.5 Å². The summed E-state index contributed by atoms with van der Waals surface area (Å²) < 4.78 is 8.03. The van der Waals surface area contributed by atoms with E-state index in [-0.39, 0.29) is 12.0 Å². The summed E-state index contributed by atoms with van der Waals surface area (Å²) in [5.74, 6) is 0.520. The van der Waals surface area contributed by atoms with Crippen LogP contribution in [0.5, 0.6) is 5.75 Å². The van der Waals surface area contributed by atoms with Gasteiger partial charge in [-0.3, -0.25) is 14.4 Å². The zero-order valence-corrected chi connectivity index (χ0v) is 16.8. The van der Waals surface area contributed by atoms with Gasteiger partial charge >= 0.3 is 0 Å². The zero-order chi connectivity index (χ0) is 20.2. The Balaban J connectivity index is 1.32. The molecule has 0 unspecified atom stereocenters. The van der Waals surface area contributed by atoms with Crippen LogP contribution in [0, 0.1) is 6.92 Å². The summed E-state index contributed by atoms with van der Waals surface area (Å²) in [5, 5.41) is 7.28. The van der Waals surface area contributed by atoms with Crippen LogP contribution in [-0.2, 0) is 20.1 Å². The number of likely N-dealkylation sites (tertiary alicyclic amines) is 1. The van der Waals surface area contributed by atoms with Crippen LogP contribution in [0.4, 0.5) is 0 Å². The van der Waals surface area contributed by atoms with Crippen molar-refractivity contribution in [2.24, 2.45) is 7.05 Å². The number of hydrogen-bond donors (Lipinski definition) is 1. The number of nitrogens with zero attached hydrogens (tertiary/aromatic N) is 3. The molecule has 0 spiro atoms. The van der Waals surface area contributed by atoms with E-state index in [2.05, 4.69) is 22.2 Å². The molecule has 3 aromatic rings. The summed E-state index contributed by atoms with van der Waals surface area (Å²) in [7, 11) is 1.96. The molecule has 1 N–H and O–H groups in total. The van der Waals surface area contributed by atoms with Crippen LogP contribution in [0.25, 0.3) is 0 Å². The Bertz CT molecular complexity index is 978.